The number of ether oxygens (including phenoxy) is 1. The number of nitrogens with zero attached hydrogens (tertiary/aromatic N) is 1. The highest BCUT2D eigenvalue weighted by atomic mass is 19.2. The molecule has 0 aliphatic carbocycles. The Hall–Kier alpha value is -1.49. The first-order valence-electron chi connectivity index (χ1n) is 7.80. The molecule has 1 aromatic carbocycles. The van der Waals surface area contributed by atoms with E-state index in [1.807, 2.05) is 4.90 Å². The summed E-state index contributed by atoms with van der Waals surface area (Å²) < 4.78 is 31.2. The van der Waals surface area contributed by atoms with Gasteiger partial charge in [-0.2, -0.15) is 0 Å². The van der Waals surface area contributed by atoms with Crippen LogP contribution in [-0.4, -0.2) is 37.6 Å². The fourth-order valence-electron chi connectivity index (χ4n) is 2.98. The first-order chi connectivity index (χ1) is 10.6. The van der Waals surface area contributed by atoms with Gasteiger partial charge < -0.3 is 9.64 Å². The average molecular weight is 311 g/mol. The molecule has 1 fully saturated rings. The van der Waals surface area contributed by atoms with Crippen LogP contribution in [0.5, 0.6) is 0 Å². The van der Waals surface area contributed by atoms with E-state index in [0.717, 1.165) is 57.5 Å². The molecule has 1 atom stereocenters. The predicted octanol–water partition coefficient (Wildman–Crippen LogP) is 3.17. The topological polar surface area (TPSA) is 29.5 Å². The minimum Gasteiger partial charge on any atom is -0.385 e. The zero-order valence-electron chi connectivity index (χ0n) is 13.0. The molecule has 0 aromatic heterocycles. The molecule has 22 heavy (non-hydrogen) atoms. The van der Waals surface area contributed by atoms with Crippen LogP contribution >= 0.6 is 0 Å². The molecule has 0 spiro atoms. The summed E-state index contributed by atoms with van der Waals surface area (Å²) in [7, 11) is 1.69. The maximum Gasteiger partial charge on any atom is 0.227 e. The summed E-state index contributed by atoms with van der Waals surface area (Å²) in [5.41, 5.74) is 0.519. The van der Waals surface area contributed by atoms with Gasteiger partial charge in [-0.15, -0.1) is 0 Å². The Bertz CT molecular complexity index is 507. The van der Waals surface area contributed by atoms with Crippen LogP contribution in [0, 0.1) is 17.6 Å². The number of piperidine rings is 1. The summed E-state index contributed by atoms with van der Waals surface area (Å²) in [5.74, 6) is -1.28. The lowest BCUT2D eigenvalue weighted by molar-refractivity contribution is -0.132. The molecule has 0 N–H and O–H groups in total. The van der Waals surface area contributed by atoms with Crippen LogP contribution in [0.1, 0.15) is 31.2 Å². The number of halogens is 2. The molecule has 1 saturated heterocycles. The zero-order chi connectivity index (χ0) is 15.9. The molecule has 2 rings (SSSR count). The van der Waals surface area contributed by atoms with Gasteiger partial charge in [0.1, 0.15) is 0 Å². The van der Waals surface area contributed by atoms with Crippen LogP contribution in [0.3, 0.4) is 0 Å². The van der Waals surface area contributed by atoms with Gasteiger partial charge in [0, 0.05) is 26.8 Å². The van der Waals surface area contributed by atoms with Gasteiger partial charge in [0.2, 0.25) is 5.91 Å². The molecule has 5 heteroatoms. The van der Waals surface area contributed by atoms with Crippen LogP contribution in [0.4, 0.5) is 8.78 Å². The Morgan fingerprint density at radius 1 is 1.36 bits per heavy atom. The summed E-state index contributed by atoms with van der Waals surface area (Å²) in [6.45, 7) is 2.26. The van der Waals surface area contributed by atoms with Crippen molar-refractivity contribution in [2.24, 2.45) is 5.92 Å². The summed E-state index contributed by atoms with van der Waals surface area (Å²) in [6.07, 6.45) is 4.33. The minimum atomic E-state index is -0.901. The lowest BCUT2D eigenvalue weighted by Crippen LogP contribution is -2.40. The van der Waals surface area contributed by atoms with Crippen molar-refractivity contribution in [2.45, 2.75) is 32.1 Å². The van der Waals surface area contributed by atoms with Crippen molar-refractivity contribution >= 4 is 5.91 Å². The Labute approximate surface area is 130 Å². The van der Waals surface area contributed by atoms with Crippen LogP contribution in [0.2, 0.25) is 0 Å². The zero-order valence-corrected chi connectivity index (χ0v) is 13.0. The number of carbonyl (C=O) groups is 1. The Morgan fingerprint density at radius 3 is 2.91 bits per heavy atom. The van der Waals surface area contributed by atoms with E-state index >= 15 is 0 Å². The quantitative estimate of drug-likeness (QED) is 0.755. The highest BCUT2D eigenvalue weighted by Gasteiger charge is 2.23. The van der Waals surface area contributed by atoms with Gasteiger partial charge in [0.25, 0.3) is 0 Å². The molecular weight excluding hydrogens is 288 g/mol. The number of carbonyl (C=O) groups excluding carboxylic acids is 1. The normalized spacial score (nSPS) is 18.5. The molecule has 1 heterocycles. The third-order valence-corrected chi connectivity index (χ3v) is 4.17. The Morgan fingerprint density at radius 2 is 2.18 bits per heavy atom. The van der Waals surface area contributed by atoms with Crippen molar-refractivity contribution in [2.75, 3.05) is 26.8 Å². The molecule has 0 saturated carbocycles. The van der Waals surface area contributed by atoms with Crippen molar-refractivity contribution in [1.82, 2.24) is 4.90 Å². The Balaban J connectivity index is 1.87. The summed E-state index contributed by atoms with van der Waals surface area (Å²) in [5, 5.41) is 0. The number of rotatable bonds is 6. The van der Waals surface area contributed by atoms with E-state index in [2.05, 4.69) is 0 Å². The molecule has 1 aromatic rings. The third kappa shape index (κ3) is 4.77. The highest BCUT2D eigenvalue weighted by Crippen LogP contribution is 2.22. The number of hydrogen-bond donors (Lipinski definition) is 0. The minimum absolute atomic E-state index is 0.0116. The van der Waals surface area contributed by atoms with Crippen LogP contribution in [-0.2, 0) is 16.0 Å². The van der Waals surface area contributed by atoms with Gasteiger partial charge in [-0.3, -0.25) is 4.79 Å². The number of likely N-dealkylation sites (tertiary alicyclic amines) is 1. The van der Waals surface area contributed by atoms with E-state index in [4.69, 9.17) is 4.74 Å². The van der Waals surface area contributed by atoms with Crippen LogP contribution in [0.25, 0.3) is 0 Å². The highest BCUT2D eigenvalue weighted by molar-refractivity contribution is 5.78. The summed E-state index contributed by atoms with van der Waals surface area (Å²) >= 11 is 0. The number of hydrogen-bond acceptors (Lipinski definition) is 2. The number of benzene rings is 1. The van der Waals surface area contributed by atoms with Gasteiger partial charge in [0.15, 0.2) is 11.6 Å². The van der Waals surface area contributed by atoms with Crippen molar-refractivity contribution in [3.8, 4) is 0 Å². The molecule has 1 aliphatic heterocycles. The van der Waals surface area contributed by atoms with E-state index < -0.39 is 11.6 Å². The first kappa shape index (κ1) is 16.9. The fourth-order valence-corrected chi connectivity index (χ4v) is 2.98. The van der Waals surface area contributed by atoms with E-state index in [-0.39, 0.29) is 12.3 Å². The largest absolute Gasteiger partial charge is 0.385 e. The van der Waals surface area contributed by atoms with E-state index in [0.29, 0.717) is 11.5 Å². The number of amides is 1. The Kier molecular flexibility index (Phi) is 6.31. The van der Waals surface area contributed by atoms with Gasteiger partial charge >= 0.3 is 0 Å². The molecule has 0 bridgehead atoms. The monoisotopic (exact) mass is 311 g/mol. The van der Waals surface area contributed by atoms with E-state index in [1.54, 1.807) is 7.11 Å². The SMILES string of the molecule is COCCC[C@H]1CCCN(C(=O)Cc2ccc(F)c(F)c2)C1. The van der Waals surface area contributed by atoms with Crippen molar-refractivity contribution in [3.63, 3.8) is 0 Å². The third-order valence-electron chi connectivity index (χ3n) is 4.17. The first-order valence-corrected chi connectivity index (χ1v) is 7.80. The maximum atomic E-state index is 13.2. The van der Waals surface area contributed by atoms with Crippen LogP contribution in [0.15, 0.2) is 18.2 Å². The summed E-state index contributed by atoms with van der Waals surface area (Å²) in [6, 6.07) is 3.64. The average Bonchev–Trinajstić information content (AvgIpc) is 2.51. The standard InChI is InChI=1S/C17H23F2NO2/c1-22-9-3-5-13-4-2-8-20(12-13)17(21)11-14-6-7-15(18)16(19)10-14/h6-7,10,13H,2-5,8-9,11-12H2,1H3/t13-/m1/s1. The van der Waals surface area contributed by atoms with Gasteiger partial charge in [-0.05, 0) is 49.3 Å². The molecule has 3 nitrogen and oxygen atoms in total. The molecule has 122 valence electrons. The molecule has 1 aliphatic rings. The van der Waals surface area contributed by atoms with Crippen molar-refractivity contribution in [1.29, 1.82) is 0 Å². The predicted molar refractivity (Wildman–Crippen MR) is 80.5 cm³/mol. The lowest BCUT2D eigenvalue weighted by Gasteiger charge is -2.33. The van der Waals surface area contributed by atoms with E-state index in [9.17, 15) is 13.6 Å². The fraction of sp³-hybridized carbons (Fsp3) is 0.588. The van der Waals surface area contributed by atoms with Gasteiger partial charge in [-0.1, -0.05) is 6.07 Å². The lowest BCUT2D eigenvalue weighted by atomic mass is 9.93. The second kappa shape index (κ2) is 8.22. The van der Waals surface area contributed by atoms with E-state index in [1.165, 1.54) is 6.07 Å². The smallest absolute Gasteiger partial charge is 0.227 e. The molecular formula is C17H23F2NO2. The maximum absolute atomic E-state index is 13.2. The van der Waals surface area contributed by atoms with Crippen molar-refractivity contribution < 1.29 is 18.3 Å². The van der Waals surface area contributed by atoms with Gasteiger partial charge in [-0.25, -0.2) is 8.78 Å². The summed E-state index contributed by atoms with van der Waals surface area (Å²) in [4.78, 5) is 14.2. The van der Waals surface area contributed by atoms with Crippen molar-refractivity contribution in [3.05, 3.63) is 35.4 Å². The second-order valence-corrected chi connectivity index (χ2v) is 5.91. The second-order valence-electron chi connectivity index (χ2n) is 5.91. The van der Waals surface area contributed by atoms with Crippen LogP contribution < -0.4 is 0 Å². The number of methoxy groups -OCH3 is 1. The molecule has 0 unspecified atom stereocenters. The van der Waals surface area contributed by atoms with Gasteiger partial charge in [0.05, 0.1) is 6.42 Å². The molecule has 1 amide bonds. The molecule has 0 radical (unpaired) electrons.